The van der Waals surface area contributed by atoms with Gasteiger partial charge in [-0.3, -0.25) is 0 Å². The molecule has 0 fully saturated rings. The van der Waals surface area contributed by atoms with Crippen molar-refractivity contribution in [2.75, 3.05) is 4.90 Å². The van der Waals surface area contributed by atoms with Crippen molar-refractivity contribution in [2.45, 2.75) is 111 Å². The lowest BCUT2D eigenvalue weighted by Crippen LogP contribution is -2.56. The van der Waals surface area contributed by atoms with Crippen molar-refractivity contribution in [3.05, 3.63) is 17.7 Å². The molecule has 0 aliphatic rings. The summed E-state index contributed by atoms with van der Waals surface area (Å²) in [5, 5.41) is 0. The lowest BCUT2D eigenvalue weighted by Gasteiger charge is -2.51. The van der Waals surface area contributed by atoms with Crippen LogP contribution in [0.25, 0.3) is 0 Å². The molecule has 0 aromatic carbocycles. The molecule has 0 aliphatic heterocycles. The molecule has 3 nitrogen and oxygen atoms in total. The molecule has 24 heavy (non-hydrogen) atoms. The van der Waals surface area contributed by atoms with Gasteiger partial charge in [0.15, 0.2) is 0 Å². The number of hydrogen-bond acceptors (Lipinski definition) is 3. The first-order chi connectivity index (χ1) is 10.5. The molecule has 0 bridgehead atoms. The third-order valence-electron chi connectivity index (χ3n) is 4.61. The van der Waals surface area contributed by atoms with Crippen molar-refractivity contribution in [2.24, 2.45) is 0 Å². The molecule has 0 unspecified atom stereocenters. The molecule has 3 heteroatoms. The highest BCUT2D eigenvalue weighted by Crippen LogP contribution is 2.43. The van der Waals surface area contributed by atoms with Crippen molar-refractivity contribution in [1.82, 2.24) is 9.97 Å². The zero-order valence-electron chi connectivity index (χ0n) is 18.1. The van der Waals surface area contributed by atoms with Gasteiger partial charge in [-0.2, -0.15) is 0 Å². The molecule has 1 aromatic heterocycles. The minimum atomic E-state index is -0.0361. The smallest absolute Gasteiger partial charge is 0.116 e. The van der Waals surface area contributed by atoms with E-state index >= 15 is 0 Å². The van der Waals surface area contributed by atoms with E-state index in [2.05, 4.69) is 88.0 Å². The molecule has 0 spiro atoms. The Balaban J connectivity index is 3.93. The lowest BCUT2D eigenvalue weighted by atomic mass is 9.81. The van der Waals surface area contributed by atoms with Crippen LogP contribution in [0.2, 0.25) is 0 Å². The van der Waals surface area contributed by atoms with Crippen molar-refractivity contribution >= 4 is 5.69 Å². The zero-order chi connectivity index (χ0) is 19.1. The Kier molecular flexibility index (Phi) is 5.50. The first-order valence-corrected chi connectivity index (χ1v) is 9.20. The van der Waals surface area contributed by atoms with Gasteiger partial charge in [-0.15, -0.1) is 0 Å². The number of hydrogen-bond donors (Lipinski definition) is 0. The summed E-state index contributed by atoms with van der Waals surface area (Å²) in [6.07, 6.45) is 2.80. The van der Waals surface area contributed by atoms with Crippen LogP contribution in [0.3, 0.4) is 0 Å². The average Bonchev–Trinajstić information content (AvgIpc) is 2.34. The predicted octanol–water partition coefficient (Wildman–Crippen LogP) is 5.87. The second kappa shape index (κ2) is 6.31. The Morgan fingerprint density at radius 3 is 1.38 bits per heavy atom. The molecule has 1 heterocycles. The SMILES string of the molecule is CCC(C)(C)N(c1c(C(C)(C)C)ncnc1C(C)(C)C)C(C)(C)C. The fourth-order valence-corrected chi connectivity index (χ4v) is 3.39. The fourth-order valence-electron chi connectivity index (χ4n) is 3.39. The van der Waals surface area contributed by atoms with Gasteiger partial charge in [-0.1, -0.05) is 48.5 Å². The Morgan fingerprint density at radius 2 is 1.12 bits per heavy atom. The van der Waals surface area contributed by atoms with Crippen LogP contribution in [-0.2, 0) is 10.8 Å². The summed E-state index contributed by atoms with van der Waals surface area (Å²) in [5.74, 6) is 0. The summed E-state index contributed by atoms with van der Waals surface area (Å²) in [4.78, 5) is 12.1. The van der Waals surface area contributed by atoms with Gasteiger partial charge in [-0.05, 0) is 41.0 Å². The molecule has 0 saturated carbocycles. The molecular formula is C21H39N3. The minimum absolute atomic E-state index is 0.0168. The molecule has 0 radical (unpaired) electrons. The van der Waals surface area contributed by atoms with Crippen LogP contribution in [0, 0.1) is 0 Å². The molecule has 138 valence electrons. The number of anilines is 1. The highest BCUT2D eigenvalue weighted by Gasteiger charge is 2.40. The van der Waals surface area contributed by atoms with E-state index in [1.165, 1.54) is 5.69 Å². The predicted molar refractivity (Wildman–Crippen MR) is 106 cm³/mol. The van der Waals surface area contributed by atoms with Gasteiger partial charge < -0.3 is 4.90 Å². The molecule has 1 aromatic rings. The van der Waals surface area contributed by atoms with Crippen LogP contribution in [0.1, 0.15) is 101 Å². The van der Waals surface area contributed by atoms with Gasteiger partial charge in [0.2, 0.25) is 0 Å². The van der Waals surface area contributed by atoms with E-state index < -0.39 is 0 Å². The van der Waals surface area contributed by atoms with Gasteiger partial charge in [-0.25, -0.2) is 9.97 Å². The van der Waals surface area contributed by atoms with Gasteiger partial charge in [0.05, 0.1) is 17.1 Å². The Hall–Kier alpha value is -1.12. The van der Waals surface area contributed by atoms with Gasteiger partial charge in [0.25, 0.3) is 0 Å². The summed E-state index contributed by atoms with van der Waals surface area (Å²) in [5.41, 5.74) is 3.42. The van der Waals surface area contributed by atoms with Gasteiger partial charge in [0, 0.05) is 21.9 Å². The first-order valence-electron chi connectivity index (χ1n) is 9.20. The maximum Gasteiger partial charge on any atom is 0.116 e. The second-order valence-electron chi connectivity index (χ2n) is 10.6. The lowest BCUT2D eigenvalue weighted by molar-refractivity contribution is 0.341. The van der Waals surface area contributed by atoms with Crippen LogP contribution >= 0.6 is 0 Å². The molecule has 0 aliphatic carbocycles. The van der Waals surface area contributed by atoms with Crippen molar-refractivity contribution in [1.29, 1.82) is 0 Å². The number of aromatic nitrogens is 2. The molecule has 0 N–H and O–H groups in total. The maximum absolute atomic E-state index is 4.75. The highest BCUT2D eigenvalue weighted by atomic mass is 15.3. The number of nitrogens with zero attached hydrogens (tertiary/aromatic N) is 3. The Morgan fingerprint density at radius 1 is 0.750 bits per heavy atom. The van der Waals surface area contributed by atoms with E-state index in [1.807, 2.05) is 0 Å². The highest BCUT2D eigenvalue weighted by molar-refractivity contribution is 5.62. The second-order valence-corrected chi connectivity index (χ2v) is 10.6. The average molecular weight is 334 g/mol. The van der Waals surface area contributed by atoms with E-state index in [0.29, 0.717) is 0 Å². The van der Waals surface area contributed by atoms with E-state index in [4.69, 9.17) is 9.97 Å². The Labute approximate surface area is 150 Å². The van der Waals surface area contributed by atoms with Crippen LogP contribution in [0.5, 0.6) is 0 Å². The van der Waals surface area contributed by atoms with Crippen molar-refractivity contribution in [3.63, 3.8) is 0 Å². The topological polar surface area (TPSA) is 29.0 Å². The van der Waals surface area contributed by atoms with E-state index in [9.17, 15) is 0 Å². The van der Waals surface area contributed by atoms with Gasteiger partial charge >= 0.3 is 0 Å². The monoisotopic (exact) mass is 333 g/mol. The van der Waals surface area contributed by atoms with Crippen LogP contribution in [0.4, 0.5) is 5.69 Å². The summed E-state index contributed by atoms with van der Waals surface area (Å²) in [6.45, 7) is 27.2. The standard InChI is InChI=1S/C21H39N3/c1-13-21(11,12)24(20(8,9)10)15-16(18(2,3)4)22-14-23-17(15)19(5,6)7/h14H,13H2,1-12H3. The number of rotatable bonds is 3. The third-order valence-corrected chi connectivity index (χ3v) is 4.61. The van der Waals surface area contributed by atoms with E-state index in [0.717, 1.165) is 17.8 Å². The maximum atomic E-state index is 4.75. The first kappa shape index (κ1) is 20.9. The fraction of sp³-hybridized carbons (Fsp3) is 0.810. The van der Waals surface area contributed by atoms with Crippen molar-refractivity contribution < 1.29 is 0 Å². The van der Waals surface area contributed by atoms with Gasteiger partial charge in [0.1, 0.15) is 6.33 Å². The molecule has 0 amide bonds. The zero-order valence-corrected chi connectivity index (χ0v) is 18.1. The molecule has 0 atom stereocenters. The summed E-state index contributed by atoms with van der Waals surface area (Å²) in [7, 11) is 0. The van der Waals surface area contributed by atoms with Crippen LogP contribution in [0.15, 0.2) is 6.33 Å². The van der Waals surface area contributed by atoms with Crippen LogP contribution in [-0.4, -0.2) is 21.0 Å². The van der Waals surface area contributed by atoms with Crippen molar-refractivity contribution in [3.8, 4) is 0 Å². The van der Waals surface area contributed by atoms with E-state index in [1.54, 1.807) is 6.33 Å². The quantitative estimate of drug-likeness (QED) is 0.693. The molecule has 0 saturated heterocycles. The molecular weight excluding hydrogens is 294 g/mol. The summed E-state index contributed by atoms with van der Waals surface area (Å²) >= 11 is 0. The molecule has 1 rings (SSSR count). The minimum Gasteiger partial charge on any atom is -0.359 e. The Bertz CT molecular complexity index is 534. The van der Waals surface area contributed by atoms with E-state index in [-0.39, 0.29) is 21.9 Å². The summed E-state index contributed by atoms with van der Waals surface area (Å²) in [6, 6.07) is 0. The van der Waals surface area contributed by atoms with Crippen LogP contribution < -0.4 is 4.90 Å². The normalized spacial score (nSPS) is 14.0. The third kappa shape index (κ3) is 4.29. The largest absolute Gasteiger partial charge is 0.359 e. The summed E-state index contributed by atoms with van der Waals surface area (Å²) < 4.78 is 0.